The van der Waals surface area contributed by atoms with Crippen molar-refractivity contribution in [2.75, 3.05) is 20.0 Å². The van der Waals surface area contributed by atoms with Gasteiger partial charge in [0.1, 0.15) is 5.75 Å². The van der Waals surface area contributed by atoms with Gasteiger partial charge in [0.2, 0.25) is 5.91 Å². The van der Waals surface area contributed by atoms with Crippen molar-refractivity contribution in [3.63, 3.8) is 0 Å². The van der Waals surface area contributed by atoms with Gasteiger partial charge in [-0.05, 0) is 30.5 Å². The minimum absolute atomic E-state index is 0.0659. The Bertz CT molecular complexity index is 409. The first-order valence-electron chi connectivity index (χ1n) is 5.93. The van der Waals surface area contributed by atoms with Crippen LogP contribution in [0, 0.1) is 13.8 Å². The standard InChI is InChI=1S/C14H20ClNO2/c1-10-7-12(8-11(2)14(10)18-4)9-16(3)13(17)5-6-15/h7-8H,5-6,9H2,1-4H3. The van der Waals surface area contributed by atoms with E-state index < -0.39 is 0 Å². The fourth-order valence-electron chi connectivity index (χ4n) is 2.09. The van der Waals surface area contributed by atoms with Gasteiger partial charge in [0.25, 0.3) is 0 Å². The lowest BCUT2D eigenvalue weighted by Gasteiger charge is -2.18. The highest BCUT2D eigenvalue weighted by molar-refractivity contribution is 6.18. The van der Waals surface area contributed by atoms with Crippen LogP contribution >= 0.6 is 11.6 Å². The van der Waals surface area contributed by atoms with Gasteiger partial charge in [0.15, 0.2) is 0 Å². The van der Waals surface area contributed by atoms with Crippen LogP contribution in [0.3, 0.4) is 0 Å². The van der Waals surface area contributed by atoms with Crippen LogP contribution in [0.25, 0.3) is 0 Å². The molecule has 0 aliphatic rings. The molecular weight excluding hydrogens is 250 g/mol. The Morgan fingerprint density at radius 2 is 1.89 bits per heavy atom. The molecule has 0 fully saturated rings. The van der Waals surface area contributed by atoms with Crippen molar-refractivity contribution in [2.24, 2.45) is 0 Å². The summed E-state index contributed by atoms with van der Waals surface area (Å²) in [6.45, 7) is 4.62. The number of hydrogen-bond donors (Lipinski definition) is 0. The Morgan fingerprint density at radius 3 is 2.33 bits per heavy atom. The smallest absolute Gasteiger partial charge is 0.223 e. The maximum absolute atomic E-state index is 11.7. The van der Waals surface area contributed by atoms with Crippen LogP contribution < -0.4 is 4.74 Å². The fourth-order valence-corrected chi connectivity index (χ4v) is 2.25. The summed E-state index contributed by atoms with van der Waals surface area (Å²) in [6.07, 6.45) is 0.381. The average Bonchev–Trinajstić information content (AvgIpc) is 2.28. The van der Waals surface area contributed by atoms with E-state index in [1.807, 2.05) is 13.8 Å². The van der Waals surface area contributed by atoms with Gasteiger partial charge in [-0.1, -0.05) is 12.1 Å². The third-order valence-corrected chi connectivity index (χ3v) is 3.07. The molecule has 0 unspecified atom stereocenters. The summed E-state index contributed by atoms with van der Waals surface area (Å²) in [7, 11) is 3.47. The molecule has 100 valence electrons. The number of methoxy groups -OCH3 is 1. The lowest BCUT2D eigenvalue weighted by molar-refractivity contribution is -0.129. The van der Waals surface area contributed by atoms with E-state index in [-0.39, 0.29) is 5.91 Å². The first-order chi connectivity index (χ1) is 8.49. The number of nitrogens with zero attached hydrogens (tertiary/aromatic N) is 1. The molecule has 0 saturated heterocycles. The molecule has 4 heteroatoms. The number of amides is 1. The fraction of sp³-hybridized carbons (Fsp3) is 0.500. The normalized spacial score (nSPS) is 10.3. The van der Waals surface area contributed by atoms with Crippen molar-refractivity contribution in [3.8, 4) is 5.75 Å². The molecule has 0 aliphatic heterocycles. The second-order valence-corrected chi connectivity index (χ2v) is 4.83. The van der Waals surface area contributed by atoms with E-state index >= 15 is 0 Å². The number of ether oxygens (including phenoxy) is 1. The lowest BCUT2D eigenvalue weighted by atomic mass is 10.1. The van der Waals surface area contributed by atoms with Crippen LogP contribution in [0.5, 0.6) is 5.75 Å². The highest BCUT2D eigenvalue weighted by atomic mass is 35.5. The number of rotatable bonds is 5. The number of alkyl halides is 1. The molecule has 0 N–H and O–H groups in total. The maximum atomic E-state index is 11.7. The van der Waals surface area contributed by atoms with E-state index in [1.165, 1.54) is 0 Å². The van der Waals surface area contributed by atoms with Crippen LogP contribution in [0.1, 0.15) is 23.1 Å². The summed E-state index contributed by atoms with van der Waals surface area (Å²) >= 11 is 5.57. The molecule has 0 aromatic heterocycles. The van der Waals surface area contributed by atoms with Crippen molar-refractivity contribution in [1.29, 1.82) is 0 Å². The zero-order chi connectivity index (χ0) is 13.7. The summed E-state index contributed by atoms with van der Waals surface area (Å²) in [5, 5.41) is 0. The molecule has 3 nitrogen and oxygen atoms in total. The molecule has 0 atom stereocenters. The molecule has 0 spiro atoms. The Hall–Kier alpha value is -1.22. The second kappa shape index (κ2) is 6.64. The van der Waals surface area contributed by atoms with E-state index in [0.29, 0.717) is 18.8 Å². The van der Waals surface area contributed by atoms with Crippen molar-refractivity contribution in [2.45, 2.75) is 26.8 Å². The van der Waals surface area contributed by atoms with Gasteiger partial charge >= 0.3 is 0 Å². The van der Waals surface area contributed by atoms with E-state index in [1.54, 1.807) is 19.1 Å². The Balaban J connectivity index is 2.83. The number of aryl methyl sites for hydroxylation is 2. The summed E-state index contributed by atoms with van der Waals surface area (Å²) in [6, 6.07) is 4.10. The van der Waals surface area contributed by atoms with Gasteiger partial charge in [0, 0.05) is 25.9 Å². The van der Waals surface area contributed by atoms with Gasteiger partial charge in [-0.25, -0.2) is 0 Å². The minimum atomic E-state index is 0.0659. The predicted molar refractivity (Wildman–Crippen MR) is 74.3 cm³/mol. The first kappa shape index (κ1) is 14.8. The van der Waals surface area contributed by atoms with Crippen molar-refractivity contribution < 1.29 is 9.53 Å². The molecule has 18 heavy (non-hydrogen) atoms. The van der Waals surface area contributed by atoms with Gasteiger partial charge in [-0.15, -0.1) is 11.6 Å². The lowest BCUT2D eigenvalue weighted by Crippen LogP contribution is -2.26. The minimum Gasteiger partial charge on any atom is -0.496 e. The van der Waals surface area contributed by atoms with Crippen LogP contribution in [-0.4, -0.2) is 30.8 Å². The van der Waals surface area contributed by atoms with E-state index in [4.69, 9.17) is 16.3 Å². The summed E-state index contributed by atoms with van der Waals surface area (Å²) in [5.41, 5.74) is 3.28. The number of benzene rings is 1. The molecular formula is C14H20ClNO2. The monoisotopic (exact) mass is 269 g/mol. The zero-order valence-electron chi connectivity index (χ0n) is 11.4. The maximum Gasteiger partial charge on any atom is 0.223 e. The molecule has 0 bridgehead atoms. The second-order valence-electron chi connectivity index (χ2n) is 4.45. The largest absolute Gasteiger partial charge is 0.496 e. The molecule has 1 amide bonds. The van der Waals surface area contributed by atoms with Gasteiger partial charge in [-0.2, -0.15) is 0 Å². The Labute approximate surface area is 114 Å². The highest BCUT2D eigenvalue weighted by Crippen LogP contribution is 2.24. The van der Waals surface area contributed by atoms with Crippen LogP contribution in [0.2, 0.25) is 0 Å². The summed E-state index contributed by atoms with van der Waals surface area (Å²) < 4.78 is 5.32. The van der Waals surface area contributed by atoms with Gasteiger partial charge in [0.05, 0.1) is 7.11 Å². The predicted octanol–water partition coefficient (Wildman–Crippen LogP) is 2.90. The molecule has 1 rings (SSSR count). The Kier molecular flexibility index (Phi) is 5.48. The number of carbonyl (C=O) groups is 1. The summed E-state index contributed by atoms with van der Waals surface area (Å²) in [4.78, 5) is 13.4. The molecule has 0 saturated carbocycles. The first-order valence-corrected chi connectivity index (χ1v) is 6.47. The molecule has 1 aromatic rings. The highest BCUT2D eigenvalue weighted by Gasteiger charge is 2.11. The van der Waals surface area contributed by atoms with Crippen molar-refractivity contribution in [3.05, 3.63) is 28.8 Å². The van der Waals surface area contributed by atoms with Gasteiger partial charge < -0.3 is 9.64 Å². The zero-order valence-corrected chi connectivity index (χ0v) is 12.2. The number of carbonyl (C=O) groups excluding carboxylic acids is 1. The molecule has 1 aromatic carbocycles. The molecule has 0 heterocycles. The molecule has 0 radical (unpaired) electrons. The number of hydrogen-bond acceptors (Lipinski definition) is 2. The van der Waals surface area contributed by atoms with E-state index in [9.17, 15) is 4.79 Å². The quantitative estimate of drug-likeness (QED) is 0.770. The van der Waals surface area contributed by atoms with Gasteiger partial charge in [-0.3, -0.25) is 4.79 Å². The van der Waals surface area contributed by atoms with E-state index in [0.717, 1.165) is 22.4 Å². The van der Waals surface area contributed by atoms with Crippen molar-refractivity contribution >= 4 is 17.5 Å². The topological polar surface area (TPSA) is 29.5 Å². The van der Waals surface area contributed by atoms with Crippen LogP contribution in [0.4, 0.5) is 0 Å². The third-order valence-electron chi connectivity index (χ3n) is 2.88. The Morgan fingerprint density at radius 1 is 1.33 bits per heavy atom. The SMILES string of the molecule is COc1c(C)cc(CN(C)C(=O)CCCl)cc1C. The van der Waals surface area contributed by atoms with Crippen LogP contribution in [0.15, 0.2) is 12.1 Å². The summed E-state index contributed by atoms with van der Waals surface area (Å²) in [5.74, 6) is 1.34. The molecule has 0 aliphatic carbocycles. The number of halogens is 1. The average molecular weight is 270 g/mol. The van der Waals surface area contributed by atoms with Crippen LogP contribution in [-0.2, 0) is 11.3 Å². The van der Waals surface area contributed by atoms with Crippen molar-refractivity contribution in [1.82, 2.24) is 4.90 Å². The third kappa shape index (κ3) is 3.64. The van der Waals surface area contributed by atoms with E-state index in [2.05, 4.69) is 12.1 Å².